The molecule has 0 fully saturated rings. The van der Waals surface area contributed by atoms with Gasteiger partial charge in [0.25, 0.3) is 0 Å². The number of carboxylic acids is 1. The van der Waals surface area contributed by atoms with Gasteiger partial charge in [0.15, 0.2) is 5.82 Å². The molecule has 0 radical (unpaired) electrons. The number of aliphatic carboxylic acids is 1. The first-order chi connectivity index (χ1) is 8.47. The number of carbonyl (C=O) groups is 2. The predicted molar refractivity (Wildman–Crippen MR) is 63.0 cm³/mol. The first-order valence-electron chi connectivity index (χ1n) is 5.58. The van der Waals surface area contributed by atoms with Crippen LogP contribution in [0, 0.1) is 0 Å². The van der Waals surface area contributed by atoms with E-state index in [9.17, 15) is 9.59 Å². The van der Waals surface area contributed by atoms with Crippen LogP contribution in [0.4, 0.5) is 4.79 Å². The highest BCUT2D eigenvalue weighted by atomic mass is 16.4. The molecule has 0 aliphatic heterocycles. The van der Waals surface area contributed by atoms with Gasteiger partial charge in [-0.25, -0.2) is 9.78 Å². The Morgan fingerprint density at radius 2 is 2.28 bits per heavy atom. The summed E-state index contributed by atoms with van der Waals surface area (Å²) in [5, 5.41) is 17.7. The van der Waals surface area contributed by atoms with Crippen LogP contribution in [0.25, 0.3) is 0 Å². The molecule has 0 aliphatic carbocycles. The molecule has 1 aromatic heterocycles. The maximum absolute atomic E-state index is 11.4. The molecule has 1 atom stereocenters. The van der Waals surface area contributed by atoms with E-state index in [-0.39, 0.29) is 12.5 Å². The predicted octanol–water partition coefficient (Wildman–Crippen LogP) is -0.480. The van der Waals surface area contributed by atoms with E-state index in [1.807, 2.05) is 0 Å². The summed E-state index contributed by atoms with van der Waals surface area (Å²) in [6.45, 7) is 2.03. The molecule has 3 N–H and O–H groups in total. The third kappa shape index (κ3) is 5.28. The second kappa shape index (κ2) is 6.58. The van der Waals surface area contributed by atoms with Crippen molar-refractivity contribution < 1.29 is 14.7 Å². The average molecular weight is 255 g/mol. The van der Waals surface area contributed by atoms with Crippen LogP contribution in [0.3, 0.4) is 0 Å². The zero-order valence-electron chi connectivity index (χ0n) is 10.4. The SMILES string of the molecule is CC(CC(=O)O)NC(=O)NCCc1ncn(C)n1. The van der Waals surface area contributed by atoms with Crippen LogP contribution < -0.4 is 10.6 Å². The van der Waals surface area contributed by atoms with Crippen molar-refractivity contribution in [1.29, 1.82) is 0 Å². The number of carboxylic acid groups (broad SMARTS) is 1. The van der Waals surface area contributed by atoms with Crippen molar-refractivity contribution in [2.45, 2.75) is 25.8 Å². The molecular weight excluding hydrogens is 238 g/mol. The summed E-state index contributed by atoms with van der Waals surface area (Å²) in [6, 6.07) is -0.796. The minimum absolute atomic E-state index is 0.102. The van der Waals surface area contributed by atoms with Crippen LogP contribution in [0.15, 0.2) is 6.33 Å². The van der Waals surface area contributed by atoms with E-state index in [1.165, 1.54) is 0 Å². The van der Waals surface area contributed by atoms with Gasteiger partial charge in [0.05, 0.1) is 6.42 Å². The zero-order valence-corrected chi connectivity index (χ0v) is 10.4. The maximum atomic E-state index is 11.4. The van der Waals surface area contributed by atoms with E-state index >= 15 is 0 Å². The largest absolute Gasteiger partial charge is 0.481 e. The molecule has 2 amide bonds. The van der Waals surface area contributed by atoms with E-state index in [0.717, 1.165) is 0 Å². The van der Waals surface area contributed by atoms with Gasteiger partial charge in [-0.05, 0) is 6.92 Å². The number of carbonyl (C=O) groups excluding carboxylic acids is 1. The summed E-state index contributed by atoms with van der Waals surface area (Å²) >= 11 is 0. The van der Waals surface area contributed by atoms with Gasteiger partial charge in [-0.1, -0.05) is 0 Å². The van der Waals surface area contributed by atoms with Gasteiger partial charge in [0.1, 0.15) is 6.33 Å². The lowest BCUT2D eigenvalue weighted by Crippen LogP contribution is -2.42. The third-order valence-electron chi connectivity index (χ3n) is 2.14. The van der Waals surface area contributed by atoms with Crippen LogP contribution in [-0.2, 0) is 18.3 Å². The molecule has 0 aromatic carbocycles. The monoisotopic (exact) mass is 255 g/mol. The normalized spacial score (nSPS) is 11.9. The molecule has 0 bridgehead atoms. The smallest absolute Gasteiger partial charge is 0.315 e. The molecular formula is C10H17N5O3. The summed E-state index contributed by atoms with van der Waals surface area (Å²) in [7, 11) is 1.77. The molecule has 1 aromatic rings. The quantitative estimate of drug-likeness (QED) is 0.636. The Morgan fingerprint density at radius 1 is 1.56 bits per heavy atom. The number of nitrogens with one attached hydrogen (secondary N) is 2. The summed E-state index contributed by atoms with van der Waals surface area (Å²) in [5.41, 5.74) is 0. The first-order valence-corrected chi connectivity index (χ1v) is 5.58. The van der Waals surface area contributed by atoms with Crippen molar-refractivity contribution in [3.63, 3.8) is 0 Å². The molecule has 0 aliphatic rings. The minimum atomic E-state index is -0.944. The Labute approximate surface area is 104 Å². The zero-order chi connectivity index (χ0) is 13.5. The fraction of sp³-hybridized carbons (Fsp3) is 0.600. The van der Waals surface area contributed by atoms with Gasteiger partial charge in [-0.3, -0.25) is 9.48 Å². The molecule has 8 heteroatoms. The summed E-state index contributed by atoms with van der Waals surface area (Å²) in [5.74, 6) is -0.295. The molecule has 1 heterocycles. The number of rotatable bonds is 6. The number of nitrogens with zero attached hydrogens (tertiary/aromatic N) is 3. The number of amides is 2. The summed E-state index contributed by atoms with van der Waals surface area (Å²) < 4.78 is 1.59. The average Bonchev–Trinajstić information content (AvgIpc) is 2.62. The van der Waals surface area contributed by atoms with E-state index < -0.39 is 12.0 Å². The van der Waals surface area contributed by atoms with Gasteiger partial charge in [-0.15, -0.1) is 0 Å². The number of aryl methyl sites for hydroxylation is 1. The van der Waals surface area contributed by atoms with Crippen molar-refractivity contribution in [3.05, 3.63) is 12.2 Å². The Balaban J connectivity index is 2.19. The molecule has 0 saturated heterocycles. The highest BCUT2D eigenvalue weighted by Crippen LogP contribution is 1.91. The fourth-order valence-corrected chi connectivity index (χ4v) is 1.37. The number of hydrogen-bond acceptors (Lipinski definition) is 4. The Hall–Kier alpha value is -2.12. The highest BCUT2D eigenvalue weighted by molar-refractivity contribution is 5.75. The fourth-order valence-electron chi connectivity index (χ4n) is 1.37. The van der Waals surface area contributed by atoms with Crippen molar-refractivity contribution in [1.82, 2.24) is 25.4 Å². The van der Waals surface area contributed by atoms with Gasteiger partial charge >= 0.3 is 12.0 Å². The van der Waals surface area contributed by atoms with Crippen molar-refractivity contribution in [2.75, 3.05) is 6.54 Å². The Kier molecular flexibility index (Phi) is 5.09. The molecule has 18 heavy (non-hydrogen) atoms. The van der Waals surface area contributed by atoms with Crippen LogP contribution in [0.1, 0.15) is 19.2 Å². The van der Waals surface area contributed by atoms with Crippen LogP contribution in [-0.4, -0.2) is 44.5 Å². The first kappa shape index (κ1) is 13.9. The van der Waals surface area contributed by atoms with Crippen LogP contribution >= 0.6 is 0 Å². The summed E-state index contributed by atoms with van der Waals surface area (Å²) in [6.07, 6.45) is 2.02. The highest BCUT2D eigenvalue weighted by Gasteiger charge is 2.10. The minimum Gasteiger partial charge on any atom is -0.481 e. The number of urea groups is 1. The van der Waals surface area contributed by atoms with Crippen molar-refractivity contribution >= 4 is 12.0 Å². The third-order valence-corrected chi connectivity index (χ3v) is 2.14. The molecule has 1 unspecified atom stereocenters. The van der Waals surface area contributed by atoms with E-state index in [0.29, 0.717) is 18.8 Å². The summed E-state index contributed by atoms with van der Waals surface area (Å²) in [4.78, 5) is 25.8. The van der Waals surface area contributed by atoms with E-state index in [2.05, 4.69) is 20.7 Å². The topological polar surface area (TPSA) is 109 Å². The van der Waals surface area contributed by atoms with Gasteiger partial charge in [0, 0.05) is 26.1 Å². The lowest BCUT2D eigenvalue weighted by molar-refractivity contribution is -0.137. The van der Waals surface area contributed by atoms with E-state index in [1.54, 1.807) is 25.0 Å². The molecule has 0 spiro atoms. The van der Waals surface area contributed by atoms with Crippen molar-refractivity contribution in [3.8, 4) is 0 Å². The second-order valence-electron chi connectivity index (χ2n) is 3.98. The van der Waals surface area contributed by atoms with E-state index in [4.69, 9.17) is 5.11 Å². The van der Waals surface area contributed by atoms with Crippen LogP contribution in [0.5, 0.6) is 0 Å². The molecule has 8 nitrogen and oxygen atoms in total. The molecule has 0 saturated carbocycles. The lowest BCUT2D eigenvalue weighted by Gasteiger charge is -2.12. The molecule has 100 valence electrons. The van der Waals surface area contributed by atoms with Gasteiger partial charge < -0.3 is 15.7 Å². The standard InChI is InChI=1S/C10H17N5O3/c1-7(5-9(16)17)13-10(18)11-4-3-8-12-6-15(2)14-8/h6-7H,3-5H2,1-2H3,(H,16,17)(H2,11,13,18). The second-order valence-corrected chi connectivity index (χ2v) is 3.98. The van der Waals surface area contributed by atoms with Gasteiger partial charge in [0.2, 0.25) is 0 Å². The van der Waals surface area contributed by atoms with Crippen LogP contribution in [0.2, 0.25) is 0 Å². The Morgan fingerprint density at radius 3 is 2.83 bits per heavy atom. The maximum Gasteiger partial charge on any atom is 0.315 e. The lowest BCUT2D eigenvalue weighted by atomic mass is 10.2. The number of aromatic nitrogens is 3. The van der Waals surface area contributed by atoms with Gasteiger partial charge in [-0.2, -0.15) is 5.10 Å². The number of hydrogen-bond donors (Lipinski definition) is 3. The molecule has 1 rings (SSSR count). The van der Waals surface area contributed by atoms with Crippen molar-refractivity contribution in [2.24, 2.45) is 7.05 Å². The Bertz CT molecular complexity index is 417.